The highest BCUT2D eigenvalue weighted by Gasteiger charge is 2.35. The van der Waals surface area contributed by atoms with E-state index in [0.717, 1.165) is 4.90 Å². The molecule has 8 nitrogen and oxygen atoms in total. The van der Waals surface area contributed by atoms with E-state index in [1.807, 2.05) is 0 Å². The van der Waals surface area contributed by atoms with Crippen LogP contribution in [0.3, 0.4) is 0 Å². The van der Waals surface area contributed by atoms with Crippen molar-refractivity contribution >= 4 is 18.0 Å². The van der Waals surface area contributed by atoms with Gasteiger partial charge in [-0.05, 0) is 20.8 Å². The number of morpholine rings is 1. The number of nitrogens with zero attached hydrogens (tertiary/aromatic N) is 2. The number of carbonyl (C=O) groups is 3. The summed E-state index contributed by atoms with van der Waals surface area (Å²) in [6, 6.07) is -0.995. The van der Waals surface area contributed by atoms with Crippen LogP contribution in [0.25, 0.3) is 0 Å². The molecule has 2 amide bonds. The van der Waals surface area contributed by atoms with Gasteiger partial charge in [0.1, 0.15) is 18.2 Å². The summed E-state index contributed by atoms with van der Waals surface area (Å²) in [5, 5.41) is 0. The molecule has 1 rings (SSSR count). The second kappa shape index (κ2) is 9.41. The van der Waals surface area contributed by atoms with Crippen LogP contribution in [0.4, 0.5) is 4.79 Å². The highest BCUT2D eigenvalue weighted by Crippen LogP contribution is 2.15. The van der Waals surface area contributed by atoms with E-state index in [4.69, 9.17) is 14.2 Å². The maximum absolute atomic E-state index is 12.8. The van der Waals surface area contributed by atoms with Crippen LogP contribution in [0.1, 0.15) is 27.2 Å². The summed E-state index contributed by atoms with van der Waals surface area (Å²) < 4.78 is 15.5. The number of amides is 2. The molecule has 0 aromatic carbocycles. The van der Waals surface area contributed by atoms with E-state index in [-0.39, 0.29) is 18.9 Å². The van der Waals surface area contributed by atoms with Crippen molar-refractivity contribution in [1.29, 1.82) is 0 Å². The number of carbonyl (C=O) groups excluding carboxylic acids is 3. The number of hydrogen-bond acceptors (Lipinski definition) is 6. The summed E-state index contributed by atoms with van der Waals surface area (Å²) in [6.07, 6.45) is 0.487. The second-order valence-electron chi connectivity index (χ2n) is 6.72. The van der Waals surface area contributed by atoms with Crippen molar-refractivity contribution in [1.82, 2.24) is 9.80 Å². The van der Waals surface area contributed by atoms with Crippen molar-refractivity contribution in [2.75, 3.05) is 40.0 Å². The number of ether oxygens (including phenoxy) is 3. The SMILES string of the molecule is C=CCOC(=O)N(C)C(CC(=O)OC(C)(C)C)C(=O)N1CCOCC1. The van der Waals surface area contributed by atoms with Gasteiger partial charge in [-0.2, -0.15) is 0 Å². The van der Waals surface area contributed by atoms with Gasteiger partial charge in [0.15, 0.2) is 0 Å². The van der Waals surface area contributed by atoms with E-state index in [9.17, 15) is 14.4 Å². The molecule has 0 spiro atoms. The lowest BCUT2D eigenvalue weighted by Gasteiger charge is -2.34. The third kappa shape index (κ3) is 7.13. The highest BCUT2D eigenvalue weighted by molar-refractivity contribution is 5.89. The van der Waals surface area contributed by atoms with Gasteiger partial charge in [-0.3, -0.25) is 14.5 Å². The van der Waals surface area contributed by atoms with Crippen molar-refractivity contribution in [2.45, 2.75) is 38.8 Å². The Bertz CT molecular complexity index is 494. The minimum atomic E-state index is -0.995. The largest absolute Gasteiger partial charge is 0.460 e. The number of rotatable bonds is 6. The Morgan fingerprint density at radius 1 is 1.28 bits per heavy atom. The molecule has 142 valence electrons. The molecule has 1 aliphatic heterocycles. The summed E-state index contributed by atoms with van der Waals surface area (Å²) in [5.74, 6) is -0.880. The quantitative estimate of drug-likeness (QED) is 0.525. The molecule has 1 aliphatic rings. The molecule has 8 heteroatoms. The maximum atomic E-state index is 12.8. The van der Waals surface area contributed by atoms with Crippen molar-refractivity contribution < 1.29 is 28.6 Å². The molecule has 1 unspecified atom stereocenters. The first-order valence-corrected chi connectivity index (χ1v) is 8.24. The van der Waals surface area contributed by atoms with E-state index in [0.29, 0.717) is 26.3 Å². The van der Waals surface area contributed by atoms with Crippen LogP contribution >= 0.6 is 0 Å². The molecule has 25 heavy (non-hydrogen) atoms. The standard InChI is InChI=1S/C17H28N2O6/c1-6-9-24-16(22)18(5)13(12-14(20)25-17(2,3)4)15(21)19-7-10-23-11-8-19/h6,13H,1,7-12H2,2-5H3. The molecular weight excluding hydrogens is 328 g/mol. The Morgan fingerprint density at radius 2 is 1.88 bits per heavy atom. The fraction of sp³-hybridized carbons (Fsp3) is 0.706. The van der Waals surface area contributed by atoms with Crippen LogP contribution in [0, 0.1) is 0 Å². The van der Waals surface area contributed by atoms with E-state index < -0.39 is 23.7 Å². The van der Waals surface area contributed by atoms with Gasteiger partial charge in [0.05, 0.1) is 19.6 Å². The average molecular weight is 356 g/mol. The van der Waals surface area contributed by atoms with Crippen LogP contribution < -0.4 is 0 Å². The summed E-state index contributed by atoms with van der Waals surface area (Å²) in [7, 11) is 1.43. The zero-order chi connectivity index (χ0) is 19.0. The van der Waals surface area contributed by atoms with Gasteiger partial charge in [-0.25, -0.2) is 4.79 Å². The van der Waals surface area contributed by atoms with Crippen LogP contribution in [0.5, 0.6) is 0 Å². The lowest BCUT2D eigenvalue weighted by atomic mass is 10.1. The minimum Gasteiger partial charge on any atom is -0.460 e. The first-order valence-electron chi connectivity index (χ1n) is 8.24. The van der Waals surface area contributed by atoms with Gasteiger partial charge in [0.25, 0.3) is 0 Å². The van der Waals surface area contributed by atoms with Crippen LogP contribution in [0.15, 0.2) is 12.7 Å². The summed E-state index contributed by atoms with van der Waals surface area (Å²) in [6.45, 7) is 10.4. The van der Waals surface area contributed by atoms with Crippen molar-refractivity contribution in [3.8, 4) is 0 Å². The smallest absolute Gasteiger partial charge is 0.410 e. The second-order valence-corrected chi connectivity index (χ2v) is 6.72. The van der Waals surface area contributed by atoms with E-state index in [1.165, 1.54) is 13.1 Å². The lowest BCUT2D eigenvalue weighted by molar-refractivity contribution is -0.159. The topological polar surface area (TPSA) is 85.4 Å². The summed E-state index contributed by atoms with van der Waals surface area (Å²) >= 11 is 0. The van der Waals surface area contributed by atoms with Gasteiger partial charge >= 0.3 is 12.1 Å². The Morgan fingerprint density at radius 3 is 2.40 bits per heavy atom. The molecule has 1 atom stereocenters. The van der Waals surface area contributed by atoms with Gasteiger partial charge in [-0.1, -0.05) is 12.7 Å². The zero-order valence-corrected chi connectivity index (χ0v) is 15.4. The maximum Gasteiger partial charge on any atom is 0.410 e. The summed E-state index contributed by atoms with van der Waals surface area (Å²) in [5.41, 5.74) is -0.675. The normalized spacial score (nSPS) is 15.9. The number of likely N-dealkylation sites (N-methyl/N-ethyl adjacent to an activating group) is 1. The molecule has 0 saturated carbocycles. The Kier molecular flexibility index (Phi) is 7.89. The Labute approximate surface area is 148 Å². The number of esters is 1. The van der Waals surface area contributed by atoms with Gasteiger partial charge in [-0.15, -0.1) is 0 Å². The fourth-order valence-electron chi connectivity index (χ4n) is 2.28. The molecule has 0 aliphatic carbocycles. The predicted octanol–water partition coefficient (Wildman–Crippen LogP) is 1.20. The molecular formula is C17H28N2O6. The molecule has 1 heterocycles. The molecule has 1 fully saturated rings. The van der Waals surface area contributed by atoms with Crippen molar-refractivity contribution in [3.63, 3.8) is 0 Å². The van der Waals surface area contributed by atoms with Gasteiger partial charge in [0.2, 0.25) is 5.91 Å². The monoisotopic (exact) mass is 356 g/mol. The predicted molar refractivity (Wildman–Crippen MR) is 91.0 cm³/mol. The zero-order valence-electron chi connectivity index (χ0n) is 15.4. The minimum absolute atomic E-state index is 0.0219. The average Bonchev–Trinajstić information content (AvgIpc) is 2.55. The van der Waals surface area contributed by atoms with Crippen LogP contribution in [0.2, 0.25) is 0 Å². The molecule has 1 saturated heterocycles. The molecule has 0 radical (unpaired) electrons. The highest BCUT2D eigenvalue weighted by atomic mass is 16.6. The van der Waals surface area contributed by atoms with Crippen LogP contribution in [-0.2, 0) is 23.8 Å². The molecule has 0 N–H and O–H groups in total. The van der Waals surface area contributed by atoms with Gasteiger partial charge < -0.3 is 19.1 Å². The third-order valence-electron chi connectivity index (χ3n) is 3.47. The van der Waals surface area contributed by atoms with Crippen LogP contribution in [-0.4, -0.2) is 79.4 Å². The first kappa shape index (κ1) is 21.0. The molecule has 0 aromatic rings. The first-order chi connectivity index (χ1) is 11.7. The van der Waals surface area contributed by atoms with E-state index >= 15 is 0 Å². The third-order valence-corrected chi connectivity index (χ3v) is 3.47. The van der Waals surface area contributed by atoms with E-state index in [2.05, 4.69) is 6.58 Å². The van der Waals surface area contributed by atoms with Crippen molar-refractivity contribution in [2.24, 2.45) is 0 Å². The lowest BCUT2D eigenvalue weighted by Crippen LogP contribution is -2.53. The summed E-state index contributed by atoms with van der Waals surface area (Å²) in [4.78, 5) is 39.8. The Hall–Kier alpha value is -2.09. The molecule has 0 bridgehead atoms. The molecule has 0 aromatic heterocycles. The number of hydrogen-bond donors (Lipinski definition) is 0. The fourth-order valence-corrected chi connectivity index (χ4v) is 2.28. The Balaban J connectivity index is 2.87. The van der Waals surface area contributed by atoms with E-state index in [1.54, 1.807) is 25.7 Å². The van der Waals surface area contributed by atoms with Crippen molar-refractivity contribution in [3.05, 3.63) is 12.7 Å². The van der Waals surface area contributed by atoms with Gasteiger partial charge in [0, 0.05) is 20.1 Å².